The highest BCUT2D eigenvalue weighted by atomic mass is 35.5. The molecular formula is C30H25ClFN5O. The van der Waals surface area contributed by atoms with Gasteiger partial charge in [-0.3, -0.25) is 0 Å². The third kappa shape index (κ3) is 4.35. The lowest BCUT2D eigenvalue weighted by Gasteiger charge is -2.31. The van der Waals surface area contributed by atoms with Gasteiger partial charge in [0.05, 0.1) is 29.7 Å². The Kier molecular flexibility index (Phi) is 6.21. The summed E-state index contributed by atoms with van der Waals surface area (Å²) >= 11 is 6.42. The van der Waals surface area contributed by atoms with Crippen LogP contribution in [0.15, 0.2) is 97.2 Å². The minimum absolute atomic E-state index is 0.244. The predicted molar refractivity (Wildman–Crippen MR) is 145 cm³/mol. The van der Waals surface area contributed by atoms with Crippen molar-refractivity contribution in [2.45, 2.75) is 26.1 Å². The van der Waals surface area contributed by atoms with Crippen LogP contribution in [0.5, 0.6) is 0 Å². The van der Waals surface area contributed by atoms with E-state index >= 15 is 0 Å². The quantitative estimate of drug-likeness (QED) is 0.288. The Morgan fingerprint density at radius 1 is 1.03 bits per heavy atom. The molecule has 0 aliphatic carbocycles. The zero-order chi connectivity index (χ0) is 26.2. The average Bonchev–Trinajstić information content (AvgIpc) is 3.49. The Labute approximate surface area is 224 Å². The number of carbonyl (C=O) groups excluding carboxylic acids is 1. The number of para-hydroxylation sites is 1. The molecule has 190 valence electrons. The monoisotopic (exact) mass is 525 g/mol. The van der Waals surface area contributed by atoms with E-state index in [0.29, 0.717) is 11.6 Å². The first kappa shape index (κ1) is 24.0. The van der Waals surface area contributed by atoms with Crippen molar-refractivity contribution in [1.29, 1.82) is 0 Å². The Bertz CT molecular complexity index is 1610. The van der Waals surface area contributed by atoms with Crippen molar-refractivity contribution < 1.29 is 9.18 Å². The number of rotatable bonds is 4. The van der Waals surface area contributed by atoms with Gasteiger partial charge in [0.25, 0.3) is 0 Å². The van der Waals surface area contributed by atoms with E-state index < -0.39 is 6.04 Å². The fourth-order valence-corrected chi connectivity index (χ4v) is 5.26. The van der Waals surface area contributed by atoms with Gasteiger partial charge >= 0.3 is 6.03 Å². The minimum Gasteiger partial charge on any atom is -0.334 e. The maximum Gasteiger partial charge on any atom is 0.318 e. The number of aryl methyl sites for hydroxylation is 1. The van der Waals surface area contributed by atoms with Crippen molar-refractivity contribution in [3.05, 3.63) is 136 Å². The van der Waals surface area contributed by atoms with Gasteiger partial charge in [0.1, 0.15) is 11.6 Å². The lowest BCUT2D eigenvalue weighted by molar-refractivity contribution is 0.180. The second kappa shape index (κ2) is 9.84. The van der Waals surface area contributed by atoms with E-state index in [9.17, 15) is 9.18 Å². The summed E-state index contributed by atoms with van der Waals surface area (Å²) in [5.74, 6) is 0.586. The van der Waals surface area contributed by atoms with Crippen molar-refractivity contribution in [3.63, 3.8) is 0 Å². The number of nitrogens with one attached hydrogen (secondary N) is 1. The first-order chi connectivity index (χ1) is 18.5. The smallest absolute Gasteiger partial charge is 0.318 e. The molecule has 3 heterocycles. The lowest BCUT2D eigenvalue weighted by atomic mass is 10.0. The number of carbonyl (C=O) groups is 1. The van der Waals surface area contributed by atoms with E-state index in [2.05, 4.69) is 9.88 Å². The molecule has 2 aromatic heterocycles. The van der Waals surface area contributed by atoms with Crippen molar-refractivity contribution in [3.8, 4) is 11.5 Å². The van der Waals surface area contributed by atoms with Crippen LogP contribution in [0.2, 0.25) is 5.02 Å². The van der Waals surface area contributed by atoms with Gasteiger partial charge < -0.3 is 14.8 Å². The molecule has 1 N–H and O–H groups in total. The Balaban J connectivity index is 1.47. The summed E-state index contributed by atoms with van der Waals surface area (Å²) < 4.78 is 17.4. The van der Waals surface area contributed by atoms with Crippen LogP contribution in [0.1, 0.15) is 34.1 Å². The lowest BCUT2D eigenvalue weighted by Crippen LogP contribution is -2.41. The van der Waals surface area contributed by atoms with E-state index in [4.69, 9.17) is 16.7 Å². The summed E-state index contributed by atoms with van der Waals surface area (Å²) in [6, 6.07) is 27.1. The summed E-state index contributed by atoms with van der Waals surface area (Å²) in [5.41, 5.74) is 5.35. The molecule has 0 fully saturated rings. The highest BCUT2D eigenvalue weighted by Crippen LogP contribution is 2.39. The van der Waals surface area contributed by atoms with Gasteiger partial charge in [-0.1, -0.05) is 54.1 Å². The fraction of sp³-hybridized carbons (Fsp3) is 0.133. The van der Waals surface area contributed by atoms with Crippen LogP contribution in [-0.4, -0.2) is 25.3 Å². The first-order valence-corrected chi connectivity index (χ1v) is 12.7. The van der Waals surface area contributed by atoms with Gasteiger partial charge in [-0.25, -0.2) is 13.9 Å². The van der Waals surface area contributed by atoms with E-state index in [0.717, 1.165) is 39.6 Å². The molecule has 2 amide bonds. The number of urea groups is 1. The third-order valence-corrected chi connectivity index (χ3v) is 7.10. The minimum atomic E-state index is -0.409. The van der Waals surface area contributed by atoms with Gasteiger partial charge in [-0.15, -0.1) is 0 Å². The van der Waals surface area contributed by atoms with E-state index in [1.54, 1.807) is 12.1 Å². The summed E-state index contributed by atoms with van der Waals surface area (Å²) in [4.78, 5) is 15.7. The number of benzene rings is 3. The molecule has 0 spiro atoms. The van der Waals surface area contributed by atoms with Crippen LogP contribution in [0.25, 0.3) is 11.5 Å². The molecule has 38 heavy (non-hydrogen) atoms. The molecule has 1 aliphatic rings. The second-order valence-corrected chi connectivity index (χ2v) is 9.75. The summed E-state index contributed by atoms with van der Waals surface area (Å²) in [5, 5.41) is 8.51. The molecule has 0 saturated carbocycles. The molecule has 1 atom stereocenters. The standard InChI is InChI=1S/C30H25ClFN5O/c1-20-26-19-36(30(38)33-18-21-12-14-24(32)15-13-21)28(22-7-5-8-23(31)17-22)27-11-6-16-35(27)29(26)37(34-20)25-9-3-2-4-10-25/h2-17,28H,18-19H2,1H3,(H,33,38)/t28-/m0/s1. The highest BCUT2D eigenvalue weighted by molar-refractivity contribution is 6.30. The van der Waals surface area contributed by atoms with Gasteiger partial charge in [0.2, 0.25) is 0 Å². The summed E-state index contributed by atoms with van der Waals surface area (Å²) in [7, 11) is 0. The fourth-order valence-electron chi connectivity index (χ4n) is 5.06. The van der Waals surface area contributed by atoms with Crippen LogP contribution >= 0.6 is 11.6 Å². The van der Waals surface area contributed by atoms with Gasteiger partial charge in [0.15, 0.2) is 0 Å². The Hall–Kier alpha value is -4.36. The van der Waals surface area contributed by atoms with Gasteiger partial charge in [0, 0.05) is 23.3 Å². The SMILES string of the molecule is Cc1nn(-c2ccccc2)c2c1CN(C(=O)NCc1ccc(F)cc1)[C@@H](c1cccc(Cl)c1)c1cccn1-2. The zero-order valence-corrected chi connectivity index (χ0v) is 21.4. The van der Waals surface area contributed by atoms with Crippen molar-refractivity contribution in [2.24, 2.45) is 0 Å². The van der Waals surface area contributed by atoms with Crippen LogP contribution in [-0.2, 0) is 13.1 Å². The van der Waals surface area contributed by atoms with E-state index in [1.807, 2.05) is 89.4 Å². The molecular weight excluding hydrogens is 501 g/mol. The summed E-state index contributed by atoms with van der Waals surface area (Å²) in [6.45, 7) is 2.58. The highest BCUT2D eigenvalue weighted by Gasteiger charge is 2.36. The molecule has 0 radical (unpaired) electrons. The number of hydrogen-bond acceptors (Lipinski definition) is 2. The molecule has 0 bridgehead atoms. The largest absolute Gasteiger partial charge is 0.334 e. The molecule has 3 aromatic carbocycles. The molecule has 0 unspecified atom stereocenters. The maximum absolute atomic E-state index is 13.9. The van der Waals surface area contributed by atoms with Crippen molar-refractivity contribution >= 4 is 17.6 Å². The zero-order valence-electron chi connectivity index (χ0n) is 20.7. The van der Waals surface area contributed by atoms with Crippen LogP contribution in [0.3, 0.4) is 0 Å². The Morgan fingerprint density at radius 3 is 2.58 bits per heavy atom. The van der Waals surface area contributed by atoms with Crippen LogP contribution in [0, 0.1) is 12.7 Å². The van der Waals surface area contributed by atoms with Crippen LogP contribution < -0.4 is 5.32 Å². The van der Waals surface area contributed by atoms with Crippen LogP contribution in [0.4, 0.5) is 9.18 Å². The summed E-state index contributed by atoms with van der Waals surface area (Å²) in [6.07, 6.45) is 2.01. The first-order valence-electron chi connectivity index (χ1n) is 12.4. The molecule has 6 rings (SSSR count). The molecule has 8 heteroatoms. The molecule has 5 aromatic rings. The van der Waals surface area contributed by atoms with Gasteiger partial charge in [-0.2, -0.15) is 5.10 Å². The van der Waals surface area contributed by atoms with Crippen molar-refractivity contribution in [1.82, 2.24) is 24.6 Å². The molecule has 1 aliphatic heterocycles. The second-order valence-electron chi connectivity index (χ2n) is 9.31. The molecule has 0 saturated heterocycles. The number of amides is 2. The predicted octanol–water partition coefficient (Wildman–Crippen LogP) is 6.58. The number of nitrogens with zero attached hydrogens (tertiary/aromatic N) is 4. The normalized spacial score (nSPS) is 14.5. The number of halogens is 2. The maximum atomic E-state index is 13.9. The topological polar surface area (TPSA) is 55.1 Å². The molecule has 6 nitrogen and oxygen atoms in total. The number of fused-ring (bicyclic) bond motifs is 3. The van der Waals surface area contributed by atoms with E-state index in [-0.39, 0.29) is 18.4 Å². The van der Waals surface area contributed by atoms with Gasteiger partial charge in [-0.05, 0) is 66.6 Å². The number of hydrogen-bond donors (Lipinski definition) is 1. The van der Waals surface area contributed by atoms with Crippen molar-refractivity contribution in [2.75, 3.05) is 0 Å². The number of aromatic nitrogens is 3. The third-order valence-electron chi connectivity index (χ3n) is 6.87. The average molecular weight is 526 g/mol. The Morgan fingerprint density at radius 2 is 1.82 bits per heavy atom. The van der Waals surface area contributed by atoms with E-state index in [1.165, 1.54) is 12.1 Å².